The predicted octanol–water partition coefficient (Wildman–Crippen LogP) is 3.65. The van der Waals surface area contributed by atoms with Gasteiger partial charge in [0.2, 0.25) is 5.91 Å². The summed E-state index contributed by atoms with van der Waals surface area (Å²) in [6.07, 6.45) is -2.15. The molecule has 5 nitrogen and oxygen atoms in total. The summed E-state index contributed by atoms with van der Waals surface area (Å²) in [6.45, 7) is 2.68. The van der Waals surface area contributed by atoms with Crippen molar-refractivity contribution in [2.45, 2.75) is 19.7 Å². The number of hydrazine groups is 1. The Bertz CT molecular complexity index is 744. The van der Waals surface area contributed by atoms with Crippen LogP contribution in [-0.2, 0) is 4.79 Å². The third kappa shape index (κ3) is 4.09. The standard InChI is InChI=1S/C16H15BrF3N3O2/c1-10(24)22-7-6-14-11(8-22)9-23(21-15(14)17)12-2-4-13(5-3-12)25-16(18,19)20/h2-5,9,21H,6-8H2,1H3. The molecular weight excluding hydrogens is 403 g/mol. The zero-order valence-corrected chi connectivity index (χ0v) is 14.8. The number of ether oxygens (including phenoxy) is 1. The molecule has 3 rings (SSSR count). The number of nitrogens with one attached hydrogen (secondary N) is 1. The maximum atomic E-state index is 12.2. The van der Waals surface area contributed by atoms with Crippen LogP contribution in [0.4, 0.5) is 18.9 Å². The lowest BCUT2D eigenvalue weighted by molar-refractivity contribution is -0.274. The molecule has 2 aliphatic rings. The molecule has 9 heteroatoms. The van der Waals surface area contributed by atoms with Gasteiger partial charge in [-0.15, -0.1) is 13.2 Å². The molecule has 1 amide bonds. The lowest BCUT2D eigenvalue weighted by atomic mass is 9.98. The number of alkyl halides is 3. The average molecular weight is 418 g/mol. The second-order valence-corrected chi connectivity index (χ2v) is 6.45. The minimum absolute atomic E-state index is 0.00908. The van der Waals surface area contributed by atoms with E-state index in [4.69, 9.17) is 0 Å². The number of likely N-dealkylation sites (tertiary alicyclic amines) is 1. The van der Waals surface area contributed by atoms with Gasteiger partial charge in [0.15, 0.2) is 0 Å². The van der Waals surface area contributed by atoms with Gasteiger partial charge in [-0.05, 0) is 57.8 Å². The number of halogens is 4. The summed E-state index contributed by atoms with van der Waals surface area (Å²) in [6, 6.07) is 5.53. The Hall–Kier alpha value is -2.16. The van der Waals surface area contributed by atoms with Gasteiger partial charge in [0.25, 0.3) is 0 Å². The summed E-state index contributed by atoms with van der Waals surface area (Å²) in [4.78, 5) is 13.3. The Balaban J connectivity index is 1.80. The van der Waals surface area contributed by atoms with Gasteiger partial charge in [-0.1, -0.05) is 0 Å². The summed E-state index contributed by atoms with van der Waals surface area (Å²) < 4.78 is 41.4. The van der Waals surface area contributed by atoms with Crippen LogP contribution in [-0.4, -0.2) is 30.3 Å². The Morgan fingerprint density at radius 3 is 2.56 bits per heavy atom. The molecule has 2 aliphatic heterocycles. The van der Waals surface area contributed by atoms with Gasteiger partial charge in [-0.3, -0.25) is 15.2 Å². The first kappa shape index (κ1) is 17.7. The number of benzene rings is 1. The molecule has 134 valence electrons. The van der Waals surface area contributed by atoms with Gasteiger partial charge in [-0.25, -0.2) is 0 Å². The molecule has 0 saturated carbocycles. The van der Waals surface area contributed by atoms with Crippen LogP contribution in [0, 0.1) is 0 Å². The second-order valence-electron chi connectivity index (χ2n) is 5.66. The molecule has 1 aromatic rings. The fourth-order valence-corrected chi connectivity index (χ4v) is 3.38. The van der Waals surface area contributed by atoms with Crippen LogP contribution in [0.15, 0.2) is 46.2 Å². The monoisotopic (exact) mass is 417 g/mol. The van der Waals surface area contributed by atoms with Crippen molar-refractivity contribution in [3.63, 3.8) is 0 Å². The van der Waals surface area contributed by atoms with E-state index in [0.29, 0.717) is 18.8 Å². The smallest absolute Gasteiger partial charge is 0.406 e. The first-order valence-corrected chi connectivity index (χ1v) is 8.29. The van der Waals surface area contributed by atoms with Crippen molar-refractivity contribution in [1.82, 2.24) is 10.3 Å². The van der Waals surface area contributed by atoms with E-state index in [0.717, 1.165) is 22.2 Å². The number of carbonyl (C=O) groups is 1. The first-order valence-electron chi connectivity index (χ1n) is 7.50. The minimum Gasteiger partial charge on any atom is -0.406 e. The second kappa shape index (κ2) is 6.62. The first-order chi connectivity index (χ1) is 11.7. The van der Waals surface area contributed by atoms with Gasteiger partial charge >= 0.3 is 6.36 Å². The highest BCUT2D eigenvalue weighted by atomic mass is 79.9. The number of anilines is 1. The molecule has 2 heterocycles. The molecule has 0 atom stereocenters. The van der Waals surface area contributed by atoms with E-state index in [-0.39, 0.29) is 11.7 Å². The van der Waals surface area contributed by atoms with Crippen molar-refractivity contribution < 1.29 is 22.7 Å². The summed E-state index contributed by atoms with van der Waals surface area (Å²) in [5.74, 6) is -0.272. The van der Waals surface area contributed by atoms with Gasteiger partial charge in [0.05, 0.1) is 5.69 Å². The zero-order chi connectivity index (χ0) is 18.2. The van der Waals surface area contributed by atoms with E-state index in [9.17, 15) is 18.0 Å². The van der Waals surface area contributed by atoms with E-state index in [1.54, 1.807) is 9.91 Å². The lowest BCUT2D eigenvalue weighted by Gasteiger charge is -2.36. The normalized spacial score (nSPS) is 17.7. The number of rotatable bonds is 2. The van der Waals surface area contributed by atoms with Crippen molar-refractivity contribution >= 4 is 27.5 Å². The Labute approximate surface area is 150 Å². The molecule has 1 N–H and O–H groups in total. The number of carbonyl (C=O) groups excluding carboxylic acids is 1. The average Bonchev–Trinajstić information content (AvgIpc) is 2.53. The number of piperidine rings is 1. The van der Waals surface area contributed by atoms with Crippen molar-refractivity contribution in [3.05, 3.63) is 46.2 Å². The van der Waals surface area contributed by atoms with Gasteiger partial charge in [0.1, 0.15) is 10.4 Å². The Morgan fingerprint density at radius 1 is 1.28 bits per heavy atom. The van der Waals surface area contributed by atoms with E-state index < -0.39 is 6.36 Å². The third-order valence-corrected chi connectivity index (χ3v) is 4.60. The van der Waals surface area contributed by atoms with Gasteiger partial charge < -0.3 is 9.64 Å². The van der Waals surface area contributed by atoms with Gasteiger partial charge in [-0.2, -0.15) is 0 Å². The van der Waals surface area contributed by atoms with Crippen molar-refractivity contribution in [1.29, 1.82) is 0 Å². The van der Waals surface area contributed by atoms with Crippen LogP contribution in [0.3, 0.4) is 0 Å². The Kier molecular flexibility index (Phi) is 4.68. The molecule has 0 aromatic heterocycles. The van der Waals surface area contributed by atoms with Crippen LogP contribution >= 0.6 is 15.9 Å². The quantitative estimate of drug-likeness (QED) is 0.745. The molecule has 0 spiro atoms. The zero-order valence-electron chi connectivity index (χ0n) is 13.2. The van der Waals surface area contributed by atoms with Crippen LogP contribution in [0.2, 0.25) is 0 Å². The molecule has 1 saturated heterocycles. The molecule has 0 unspecified atom stereocenters. The third-order valence-electron chi connectivity index (χ3n) is 3.94. The van der Waals surface area contributed by atoms with Crippen molar-refractivity contribution in [2.24, 2.45) is 0 Å². The molecule has 0 radical (unpaired) electrons. The fraction of sp³-hybridized carbons (Fsp3) is 0.312. The SMILES string of the molecule is CC(=O)N1CCC2=C(Br)NN(c3ccc(OC(F)(F)F)cc3)C=C2C1. The van der Waals surface area contributed by atoms with E-state index >= 15 is 0 Å². The minimum atomic E-state index is -4.72. The molecule has 1 fully saturated rings. The number of hydrogen-bond acceptors (Lipinski definition) is 4. The van der Waals surface area contributed by atoms with Crippen molar-refractivity contribution in [2.75, 3.05) is 18.1 Å². The highest BCUT2D eigenvalue weighted by molar-refractivity contribution is 9.11. The van der Waals surface area contributed by atoms with E-state index in [2.05, 4.69) is 26.1 Å². The van der Waals surface area contributed by atoms with Crippen LogP contribution in [0.25, 0.3) is 0 Å². The molecule has 0 aliphatic carbocycles. The summed E-state index contributed by atoms with van der Waals surface area (Å²) in [5, 5.41) is 1.68. The number of nitrogens with zero attached hydrogens (tertiary/aromatic N) is 2. The number of fused-ring (bicyclic) bond motifs is 1. The molecule has 1 aromatic carbocycles. The van der Waals surface area contributed by atoms with Crippen LogP contribution in [0.5, 0.6) is 5.75 Å². The maximum absolute atomic E-state index is 12.2. The largest absolute Gasteiger partial charge is 0.573 e. The summed E-state index contributed by atoms with van der Waals surface area (Å²) in [5.41, 5.74) is 5.83. The van der Waals surface area contributed by atoms with Gasteiger partial charge in [0, 0.05) is 26.2 Å². The maximum Gasteiger partial charge on any atom is 0.573 e. The molecular formula is C16H15BrF3N3O2. The van der Waals surface area contributed by atoms with E-state index in [1.165, 1.54) is 31.2 Å². The van der Waals surface area contributed by atoms with Crippen LogP contribution < -0.4 is 15.2 Å². The topological polar surface area (TPSA) is 44.8 Å². The molecule has 0 bridgehead atoms. The fourth-order valence-electron chi connectivity index (χ4n) is 2.73. The van der Waals surface area contributed by atoms with Crippen LogP contribution in [0.1, 0.15) is 13.3 Å². The molecule has 25 heavy (non-hydrogen) atoms. The highest BCUT2D eigenvalue weighted by Gasteiger charge is 2.31. The van der Waals surface area contributed by atoms with Crippen molar-refractivity contribution in [3.8, 4) is 5.75 Å². The number of amides is 1. The summed E-state index contributed by atoms with van der Waals surface area (Å²) in [7, 11) is 0. The summed E-state index contributed by atoms with van der Waals surface area (Å²) >= 11 is 3.49. The van der Waals surface area contributed by atoms with E-state index in [1.807, 2.05) is 6.20 Å². The highest BCUT2D eigenvalue weighted by Crippen LogP contribution is 2.33. The lowest BCUT2D eigenvalue weighted by Crippen LogP contribution is -2.42. The predicted molar refractivity (Wildman–Crippen MR) is 89.6 cm³/mol. The Morgan fingerprint density at radius 2 is 1.96 bits per heavy atom. The number of hydrogen-bond donors (Lipinski definition) is 1.